The SMILES string of the molecule is CC(OC(=O)C1CCCN1S(=O)(=O)c1ccc2c(c1)OCCO2)C(=O)N1CCOCC1. The van der Waals surface area contributed by atoms with E-state index in [4.69, 9.17) is 18.9 Å². The number of carbonyl (C=O) groups is 2. The molecular formula is C20H26N2O8S. The number of amides is 1. The summed E-state index contributed by atoms with van der Waals surface area (Å²) < 4.78 is 49.1. The summed E-state index contributed by atoms with van der Waals surface area (Å²) in [5.41, 5.74) is 0. The van der Waals surface area contributed by atoms with Gasteiger partial charge in [-0.25, -0.2) is 8.42 Å². The molecule has 0 radical (unpaired) electrons. The minimum absolute atomic E-state index is 0.0221. The van der Waals surface area contributed by atoms with Gasteiger partial charge in [-0.3, -0.25) is 9.59 Å². The van der Waals surface area contributed by atoms with Crippen molar-refractivity contribution < 1.29 is 37.0 Å². The second-order valence-electron chi connectivity index (χ2n) is 7.60. The lowest BCUT2D eigenvalue weighted by molar-refractivity contribution is -0.163. The highest BCUT2D eigenvalue weighted by atomic mass is 32.2. The van der Waals surface area contributed by atoms with Crippen LogP contribution in [0, 0.1) is 0 Å². The number of fused-ring (bicyclic) bond motifs is 1. The van der Waals surface area contributed by atoms with E-state index in [2.05, 4.69) is 0 Å². The number of sulfonamides is 1. The third-order valence-electron chi connectivity index (χ3n) is 5.56. The van der Waals surface area contributed by atoms with E-state index in [9.17, 15) is 18.0 Å². The molecule has 1 amide bonds. The molecule has 1 aromatic rings. The molecule has 0 spiro atoms. The predicted molar refractivity (Wildman–Crippen MR) is 107 cm³/mol. The summed E-state index contributed by atoms with van der Waals surface area (Å²) in [6.45, 7) is 4.20. The number of hydrogen-bond donors (Lipinski definition) is 0. The van der Waals surface area contributed by atoms with Crippen molar-refractivity contribution in [2.24, 2.45) is 0 Å². The first-order valence-electron chi connectivity index (χ1n) is 10.4. The lowest BCUT2D eigenvalue weighted by Crippen LogP contribution is -2.48. The van der Waals surface area contributed by atoms with E-state index in [1.165, 1.54) is 19.1 Å². The molecular weight excluding hydrogens is 428 g/mol. The van der Waals surface area contributed by atoms with Crippen molar-refractivity contribution in [1.82, 2.24) is 9.21 Å². The summed E-state index contributed by atoms with van der Waals surface area (Å²) in [6.07, 6.45) is -0.138. The molecule has 0 saturated carbocycles. The summed E-state index contributed by atoms with van der Waals surface area (Å²) in [5, 5.41) is 0. The number of esters is 1. The molecule has 3 aliphatic heterocycles. The van der Waals surface area contributed by atoms with Gasteiger partial charge >= 0.3 is 5.97 Å². The smallest absolute Gasteiger partial charge is 0.325 e. The molecule has 0 aliphatic carbocycles. The summed E-state index contributed by atoms with van der Waals surface area (Å²) in [5.74, 6) is -0.183. The van der Waals surface area contributed by atoms with E-state index in [0.717, 1.165) is 4.31 Å². The maximum atomic E-state index is 13.2. The fourth-order valence-electron chi connectivity index (χ4n) is 3.93. The van der Waals surface area contributed by atoms with Crippen LogP contribution in [0.15, 0.2) is 23.1 Å². The third kappa shape index (κ3) is 4.48. The molecule has 4 rings (SSSR count). The van der Waals surface area contributed by atoms with Crippen molar-refractivity contribution >= 4 is 21.9 Å². The van der Waals surface area contributed by atoms with Gasteiger partial charge in [-0.1, -0.05) is 0 Å². The van der Waals surface area contributed by atoms with Crippen LogP contribution < -0.4 is 9.47 Å². The van der Waals surface area contributed by atoms with E-state index in [1.807, 2.05) is 0 Å². The Morgan fingerprint density at radius 3 is 2.52 bits per heavy atom. The largest absolute Gasteiger partial charge is 0.486 e. The van der Waals surface area contributed by atoms with Gasteiger partial charge in [0.25, 0.3) is 5.91 Å². The predicted octanol–water partition coefficient (Wildman–Crippen LogP) is 0.401. The lowest BCUT2D eigenvalue weighted by atomic mass is 10.2. The zero-order chi connectivity index (χ0) is 22.0. The number of ether oxygens (including phenoxy) is 4. The first kappa shape index (κ1) is 21.8. The summed E-state index contributed by atoms with van der Waals surface area (Å²) in [7, 11) is -3.96. The zero-order valence-corrected chi connectivity index (χ0v) is 18.1. The van der Waals surface area contributed by atoms with E-state index in [-0.39, 0.29) is 17.3 Å². The van der Waals surface area contributed by atoms with Crippen molar-refractivity contribution in [2.45, 2.75) is 36.8 Å². The van der Waals surface area contributed by atoms with Crippen molar-refractivity contribution in [3.05, 3.63) is 18.2 Å². The normalized spacial score (nSPS) is 22.7. The Hall–Kier alpha value is -2.37. The monoisotopic (exact) mass is 454 g/mol. The molecule has 0 aromatic heterocycles. The van der Waals surface area contributed by atoms with Crippen LogP contribution in [-0.4, -0.2) is 87.7 Å². The summed E-state index contributed by atoms with van der Waals surface area (Å²) >= 11 is 0. The van der Waals surface area contributed by atoms with Crippen LogP contribution >= 0.6 is 0 Å². The Morgan fingerprint density at radius 1 is 1.06 bits per heavy atom. The van der Waals surface area contributed by atoms with Crippen molar-refractivity contribution in [1.29, 1.82) is 0 Å². The molecule has 10 nitrogen and oxygen atoms in total. The second-order valence-corrected chi connectivity index (χ2v) is 9.49. The van der Waals surface area contributed by atoms with Gasteiger partial charge < -0.3 is 23.8 Å². The van der Waals surface area contributed by atoms with E-state index in [0.29, 0.717) is 63.9 Å². The maximum Gasteiger partial charge on any atom is 0.325 e. The Balaban J connectivity index is 1.46. The second kappa shape index (κ2) is 9.01. The lowest BCUT2D eigenvalue weighted by Gasteiger charge is -2.30. The quantitative estimate of drug-likeness (QED) is 0.588. The molecule has 2 fully saturated rings. The highest BCUT2D eigenvalue weighted by Crippen LogP contribution is 2.35. The molecule has 31 heavy (non-hydrogen) atoms. The fourth-order valence-corrected chi connectivity index (χ4v) is 5.59. The first-order valence-corrected chi connectivity index (χ1v) is 11.8. The Labute approximate surface area is 181 Å². The van der Waals surface area contributed by atoms with Gasteiger partial charge in [0.15, 0.2) is 17.6 Å². The number of benzene rings is 1. The molecule has 170 valence electrons. The van der Waals surface area contributed by atoms with Crippen LogP contribution in [0.25, 0.3) is 0 Å². The summed E-state index contributed by atoms with van der Waals surface area (Å²) in [6, 6.07) is 3.43. The summed E-state index contributed by atoms with van der Waals surface area (Å²) in [4.78, 5) is 26.9. The Morgan fingerprint density at radius 2 is 1.77 bits per heavy atom. The highest BCUT2D eigenvalue weighted by molar-refractivity contribution is 7.89. The van der Waals surface area contributed by atoms with Gasteiger partial charge in [0.05, 0.1) is 18.1 Å². The first-order chi connectivity index (χ1) is 14.9. The molecule has 2 atom stereocenters. The van der Waals surface area contributed by atoms with Gasteiger partial charge in [0, 0.05) is 25.7 Å². The molecule has 0 bridgehead atoms. The van der Waals surface area contributed by atoms with Crippen LogP contribution in [0.4, 0.5) is 0 Å². The fraction of sp³-hybridized carbons (Fsp3) is 0.600. The number of carbonyl (C=O) groups excluding carboxylic acids is 2. The number of rotatable bonds is 5. The maximum absolute atomic E-state index is 13.2. The van der Waals surface area contributed by atoms with Crippen molar-refractivity contribution in [3.8, 4) is 11.5 Å². The third-order valence-corrected chi connectivity index (χ3v) is 7.46. The van der Waals surface area contributed by atoms with E-state index < -0.39 is 28.1 Å². The molecule has 2 unspecified atom stereocenters. The zero-order valence-electron chi connectivity index (χ0n) is 17.3. The van der Waals surface area contributed by atoms with Crippen molar-refractivity contribution in [2.75, 3.05) is 46.1 Å². The van der Waals surface area contributed by atoms with Crippen LogP contribution in [0.2, 0.25) is 0 Å². The molecule has 2 saturated heterocycles. The minimum atomic E-state index is -3.96. The number of morpholine rings is 1. The number of nitrogens with zero attached hydrogens (tertiary/aromatic N) is 2. The van der Waals surface area contributed by atoms with E-state index >= 15 is 0 Å². The average molecular weight is 455 g/mol. The molecule has 1 aromatic carbocycles. The van der Waals surface area contributed by atoms with E-state index in [1.54, 1.807) is 11.0 Å². The average Bonchev–Trinajstić information content (AvgIpc) is 3.30. The van der Waals surface area contributed by atoms with Gasteiger partial charge in [-0.2, -0.15) is 4.31 Å². The molecule has 0 N–H and O–H groups in total. The Kier molecular flexibility index (Phi) is 6.35. The van der Waals surface area contributed by atoms with Gasteiger partial charge in [0.2, 0.25) is 10.0 Å². The van der Waals surface area contributed by atoms with Crippen LogP contribution in [0.3, 0.4) is 0 Å². The van der Waals surface area contributed by atoms with Crippen LogP contribution in [-0.2, 0) is 29.1 Å². The van der Waals surface area contributed by atoms with Crippen LogP contribution in [0.5, 0.6) is 11.5 Å². The molecule has 3 heterocycles. The highest BCUT2D eigenvalue weighted by Gasteiger charge is 2.42. The van der Waals surface area contributed by atoms with Crippen LogP contribution in [0.1, 0.15) is 19.8 Å². The topological polar surface area (TPSA) is 112 Å². The van der Waals surface area contributed by atoms with Gasteiger partial charge in [0.1, 0.15) is 19.3 Å². The van der Waals surface area contributed by atoms with Crippen molar-refractivity contribution in [3.63, 3.8) is 0 Å². The standard InChI is InChI=1S/C20H26N2O8S/c1-14(19(23)21-7-9-27-10-8-21)30-20(24)16-3-2-6-22(16)31(25,26)15-4-5-17-18(13-15)29-12-11-28-17/h4-5,13-14,16H,2-3,6-12H2,1H3. The van der Waals surface area contributed by atoms with Gasteiger partial charge in [-0.05, 0) is 31.9 Å². The minimum Gasteiger partial charge on any atom is -0.486 e. The Bertz CT molecular complexity index is 944. The number of hydrogen-bond acceptors (Lipinski definition) is 8. The molecule has 11 heteroatoms. The van der Waals surface area contributed by atoms with Gasteiger partial charge in [-0.15, -0.1) is 0 Å². The molecule has 3 aliphatic rings.